The third-order valence-corrected chi connectivity index (χ3v) is 5.95. The van der Waals surface area contributed by atoms with Gasteiger partial charge in [0.2, 0.25) is 0 Å². The number of aromatic hydroxyl groups is 1. The molecule has 4 nitrogen and oxygen atoms in total. The molecular formula is C22H37NaO4S. The molecule has 0 heterocycles. The molecule has 1 aromatic rings. The summed E-state index contributed by atoms with van der Waals surface area (Å²) in [6.45, 7) is 4.37. The van der Waals surface area contributed by atoms with Crippen LogP contribution in [-0.4, -0.2) is 18.1 Å². The molecule has 156 valence electrons. The summed E-state index contributed by atoms with van der Waals surface area (Å²) < 4.78 is 34.6. The predicted octanol–water partition coefficient (Wildman–Crippen LogP) is 3.11. The van der Waals surface area contributed by atoms with Gasteiger partial charge in [0.1, 0.15) is 15.9 Å². The molecule has 0 radical (unpaired) electrons. The van der Waals surface area contributed by atoms with Crippen molar-refractivity contribution in [1.29, 1.82) is 0 Å². The Hall–Kier alpha value is -0.0700. The number of rotatable bonds is 15. The Kier molecular flexibility index (Phi) is 15.7. The zero-order chi connectivity index (χ0) is 20.1. The largest absolute Gasteiger partial charge is 1.00 e. The molecule has 0 saturated carbocycles. The number of hydrogen-bond acceptors (Lipinski definition) is 4. The van der Waals surface area contributed by atoms with Gasteiger partial charge in [-0.2, -0.15) is 0 Å². The van der Waals surface area contributed by atoms with E-state index in [2.05, 4.69) is 13.8 Å². The van der Waals surface area contributed by atoms with E-state index < -0.39 is 15.0 Å². The Labute approximate surface area is 194 Å². The predicted molar refractivity (Wildman–Crippen MR) is 110 cm³/mol. The molecule has 28 heavy (non-hydrogen) atoms. The number of phenols is 1. The van der Waals surface area contributed by atoms with E-state index in [1.165, 1.54) is 51.0 Å². The molecule has 1 N–H and O–H groups in total. The molecule has 6 heteroatoms. The topological polar surface area (TPSA) is 77.4 Å². The van der Waals surface area contributed by atoms with E-state index in [9.17, 15) is 18.1 Å². The molecule has 0 aliphatic heterocycles. The van der Waals surface area contributed by atoms with Crippen molar-refractivity contribution in [1.82, 2.24) is 0 Å². The average Bonchev–Trinajstić information content (AvgIpc) is 2.62. The Morgan fingerprint density at radius 3 is 1.75 bits per heavy atom. The summed E-state index contributed by atoms with van der Waals surface area (Å²) in [5.74, 6) is -0.342. The fourth-order valence-corrected chi connectivity index (χ4v) is 4.12. The molecule has 0 aliphatic rings. The molecule has 0 amide bonds. The van der Waals surface area contributed by atoms with Gasteiger partial charge in [-0.3, -0.25) is 0 Å². The SMILES string of the molecule is CCCCCCCCc1cc(CCCCCCCC)c(O)c(S(=O)(=O)[O-])c1.[Na+]. The third-order valence-electron chi connectivity index (χ3n) is 5.10. The molecule has 0 aliphatic carbocycles. The molecule has 1 rings (SSSR count). The van der Waals surface area contributed by atoms with Gasteiger partial charge in [0.15, 0.2) is 0 Å². The van der Waals surface area contributed by atoms with Crippen molar-refractivity contribution >= 4 is 10.1 Å². The van der Waals surface area contributed by atoms with E-state index in [0.29, 0.717) is 12.0 Å². The van der Waals surface area contributed by atoms with Gasteiger partial charge in [-0.05, 0) is 42.9 Å². The van der Waals surface area contributed by atoms with Crippen molar-refractivity contribution in [3.8, 4) is 5.75 Å². The van der Waals surface area contributed by atoms with Crippen molar-refractivity contribution in [3.05, 3.63) is 23.3 Å². The summed E-state index contributed by atoms with van der Waals surface area (Å²) in [5, 5.41) is 10.3. The Morgan fingerprint density at radius 1 is 0.786 bits per heavy atom. The van der Waals surface area contributed by atoms with Gasteiger partial charge in [0.25, 0.3) is 0 Å². The minimum Gasteiger partial charge on any atom is -0.744 e. The van der Waals surface area contributed by atoms with Gasteiger partial charge in [0.05, 0.1) is 4.90 Å². The summed E-state index contributed by atoms with van der Waals surface area (Å²) in [4.78, 5) is -0.452. The van der Waals surface area contributed by atoms with E-state index in [0.717, 1.165) is 44.1 Å². The van der Waals surface area contributed by atoms with Crippen molar-refractivity contribution in [2.45, 2.75) is 109 Å². The van der Waals surface area contributed by atoms with E-state index in [1.807, 2.05) is 6.07 Å². The van der Waals surface area contributed by atoms with Gasteiger partial charge >= 0.3 is 29.6 Å². The van der Waals surface area contributed by atoms with Crippen LogP contribution in [-0.2, 0) is 23.0 Å². The summed E-state index contributed by atoms with van der Waals surface area (Å²) in [6, 6.07) is 3.26. The van der Waals surface area contributed by atoms with Crippen molar-refractivity contribution in [3.63, 3.8) is 0 Å². The average molecular weight is 421 g/mol. The van der Waals surface area contributed by atoms with E-state index in [1.54, 1.807) is 0 Å². The Morgan fingerprint density at radius 2 is 1.25 bits per heavy atom. The van der Waals surface area contributed by atoms with Gasteiger partial charge < -0.3 is 9.66 Å². The van der Waals surface area contributed by atoms with Crippen LogP contribution in [0.15, 0.2) is 17.0 Å². The van der Waals surface area contributed by atoms with Crippen molar-refractivity contribution < 1.29 is 47.6 Å². The fourth-order valence-electron chi connectivity index (χ4n) is 3.46. The smallest absolute Gasteiger partial charge is 0.744 e. The maximum atomic E-state index is 11.5. The summed E-state index contributed by atoms with van der Waals surface area (Å²) >= 11 is 0. The zero-order valence-electron chi connectivity index (χ0n) is 18.1. The Balaban J connectivity index is 0.00000729. The number of benzene rings is 1. The quantitative estimate of drug-likeness (QED) is 0.269. The first-order chi connectivity index (χ1) is 12.9. The second kappa shape index (κ2) is 15.7. The molecule has 0 aromatic heterocycles. The molecule has 1 aromatic carbocycles. The second-order valence-corrected chi connectivity index (χ2v) is 8.94. The first kappa shape index (κ1) is 27.9. The van der Waals surface area contributed by atoms with Gasteiger partial charge in [0, 0.05) is 0 Å². The molecule has 0 bridgehead atoms. The van der Waals surface area contributed by atoms with Crippen LogP contribution in [0.25, 0.3) is 0 Å². The normalized spacial score (nSPS) is 11.4. The molecule has 0 saturated heterocycles. The maximum Gasteiger partial charge on any atom is 1.00 e. The van der Waals surface area contributed by atoms with Crippen LogP contribution in [0.3, 0.4) is 0 Å². The van der Waals surface area contributed by atoms with Gasteiger partial charge in [-0.15, -0.1) is 0 Å². The minimum absolute atomic E-state index is 0. The molecule has 0 fully saturated rings. The first-order valence-electron chi connectivity index (χ1n) is 10.7. The number of phenolic OH excluding ortho intramolecular Hbond substituents is 1. The van der Waals surface area contributed by atoms with Crippen LogP contribution in [0.2, 0.25) is 0 Å². The van der Waals surface area contributed by atoms with Gasteiger partial charge in [-0.1, -0.05) is 84.1 Å². The van der Waals surface area contributed by atoms with Crippen LogP contribution in [0.5, 0.6) is 5.75 Å². The molecule has 0 spiro atoms. The van der Waals surface area contributed by atoms with Crippen LogP contribution in [0, 0.1) is 0 Å². The second-order valence-electron chi connectivity index (χ2n) is 7.59. The molecule has 0 atom stereocenters. The summed E-state index contributed by atoms with van der Waals surface area (Å²) in [7, 11) is -4.66. The van der Waals surface area contributed by atoms with E-state index in [-0.39, 0.29) is 35.3 Å². The summed E-state index contributed by atoms with van der Waals surface area (Å²) in [5.41, 5.74) is 1.45. The van der Waals surface area contributed by atoms with Gasteiger partial charge in [-0.25, -0.2) is 8.42 Å². The van der Waals surface area contributed by atoms with Crippen molar-refractivity contribution in [2.24, 2.45) is 0 Å². The van der Waals surface area contributed by atoms with Crippen LogP contribution in [0.1, 0.15) is 102 Å². The monoisotopic (exact) mass is 420 g/mol. The minimum atomic E-state index is -4.66. The summed E-state index contributed by atoms with van der Waals surface area (Å²) in [6.07, 6.45) is 15.1. The maximum absolute atomic E-state index is 11.5. The fraction of sp³-hybridized carbons (Fsp3) is 0.727. The standard InChI is InChI=1S/C22H38O4S.Na/c1-3-5-7-9-11-13-15-19-17-20(16-14-12-10-8-6-4-2)22(23)21(18-19)27(24,25)26;/h17-18,23H,3-16H2,1-2H3,(H,24,25,26);/q;+1/p-1. The van der Waals surface area contributed by atoms with E-state index in [4.69, 9.17) is 0 Å². The molecular weight excluding hydrogens is 383 g/mol. The Bertz CT molecular complexity index is 644. The third kappa shape index (κ3) is 11.2. The van der Waals surface area contributed by atoms with Crippen LogP contribution < -0.4 is 29.6 Å². The first-order valence-corrected chi connectivity index (χ1v) is 12.1. The van der Waals surface area contributed by atoms with Crippen LogP contribution >= 0.6 is 0 Å². The number of hydrogen-bond donors (Lipinski definition) is 1. The van der Waals surface area contributed by atoms with E-state index >= 15 is 0 Å². The van der Waals surface area contributed by atoms with Crippen molar-refractivity contribution in [2.75, 3.05) is 0 Å². The number of unbranched alkanes of at least 4 members (excludes halogenated alkanes) is 10. The number of aryl methyl sites for hydroxylation is 2. The zero-order valence-corrected chi connectivity index (χ0v) is 21.0. The molecule has 0 unspecified atom stereocenters. The van der Waals surface area contributed by atoms with Crippen LogP contribution in [0.4, 0.5) is 0 Å².